The third kappa shape index (κ3) is 3.27. The van der Waals surface area contributed by atoms with E-state index in [-0.39, 0.29) is 12.5 Å². The minimum absolute atomic E-state index is 0.0871. The number of amides is 1. The quantitative estimate of drug-likeness (QED) is 0.929. The highest BCUT2D eigenvalue weighted by molar-refractivity contribution is 7.12. The Kier molecular flexibility index (Phi) is 3.87. The van der Waals surface area contributed by atoms with Crippen LogP contribution in [-0.4, -0.2) is 29.6 Å². The van der Waals surface area contributed by atoms with E-state index in [1.54, 1.807) is 0 Å². The normalized spacial score (nSPS) is 22.1. The second kappa shape index (κ2) is 5.13. The van der Waals surface area contributed by atoms with E-state index in [1.165, 1.54) is 23.2 Å². The Labute approximate surface area is 113 Å². The third-order valence-electron chi connectivity index (χ3n) is 3.05. The van der Waals surface area contributed by atoms with Crippen LogP contribution in [0.2, 0.25) is 0 Å². The lowest BCUT2D eigenvalue weighted by Crippen LogP contribution is -2.40. The molecule has 1 aliphatic heterocycles. The molecule has 0 aromatic carbocycles. The van der Waals surface area contributed by atoms with Crippen LogP contribution in [0.25, 0.3) is 0 Å². The zero-order valence-electron chi connectivity index (χ0n) is 10.6. The predicted molar refractivity (Wildman–Crippen MR) is 66.8 cm³/mol. The van der Waals surface area contributed by atoms with Crippen molar-refractivity contribution in [2.24, 2.45) is 0 Å². The fourth-order valence-electron chi connectivity index (χ4n) is 2.29. The molecule has 1 fully saturated rings. The molecule has 1 aromatic rings. The Morgan fingerprint density at radius 3 is 2.74 bits per heavy atom. The van der Waals surface area contributed by atoms with Crippen LogP contribution >= 0.6 is 11.3 Å². The fourth-order valence-corrected chi connectivity index (χ4v) is 3.24. The van der Waals surface area contributed by atoms with Crippen LogP contribution in [0.1, 0.15) is 29.3 Å². The average Bonchev–Trinajstić information content (AvgIpc) is 2.81. The van der Waals surface area contributed by atoms with Crippen molar-refractivity contribution in [1.82, 2.24) is 10.2 Å². The molecule has 0 aliphatic carbocycles. The lowest BCUT2D eigenvalue weighted by atomic mass is 10.2. The highest BCUT2D eigenvalue weighted by Crippen LogP contribution is 2.33. The number of hydrogen-bond donors (Lipinski definition) is 1. The van der Waals surface area contributed by atoms with E-state index in [4.69, 9.17) is 0 Å². The highest BCUT2D eigenvalue weighted by atomic mass is 32.1. The molecule has 1 saturated heterocycles. The predicted octanol–water partition coefficient (Wildman–Crippen LogP) is 2.83. The van der Waals surface area contributed by atoms with Crippen LogP contribution < -0.4 is 5.32 Å². The van der Waals surface area contributed by atoms with Gasteiger partial charge in [-0.2, -0.15) is 13.2 Å². The van der Waals surface area contributed by atoms with E-state index >= 15 is 0 Å². The number of halogens is 3. The Morgan fingerprint density at radius 2 is 2.21 bits per heavy atom. The summed E-state index contributed by atoms with van der Waals surface area (Å²) in [4.78, 5) is 15.0. The summed E-state index contributed by atoms with van der Waals surface area (Å²) in [6, 6.07) is 2.88. The zero-order chi connectivity index (χ0) is 14.2. The summed E-state index contributed by atoms with van der Waals surface area (Å²) >= 11 is 1.49. The maximum atomic E-state index is 12.5. The number of nitrogens with one attached hydrogen (secondary N) is 1. The van der Waals surface area contributed by atoms with Crippen molar-refractivity contribution in [2.45, 2.75) is 38.7 Å². The van der Waals surface area contributed by atoms with E-state index in [9.17, 15) is 18.0 Å². The number of hydrogen-bond acceptors (Lipinski definition) is 3. The number of carbonyl (C=O) groups excluding carboxylic acids is 1. The zero-order valence-corrected chi connectivity index (χ0v) is 11.4. The van der Waals surface area contributed by atoms with Gasteiger partial charge < -0.3 is 4.90 Å². The van der Waals surface area contributed by atoms with Gasteiger partial charge in [-0.15, -0.1) is 11.3 Å². The molecule has 2 rings (SSSR count). The van der Waals surface area contributed by atoms with Crippen LogP contribution in [0.5, 0.6) is 0 Å². The largest absolute Gasteiger partial charge is 0.391 e. The van der Waals surface area contributed by atoms with Gasteiger partial charge in [-0.25, -0.2) is 0 Å². The topological polar surface area (TPSA) is 32.3 Å². The van der Waals surface area contributed by atoms with Crippen LogP contribution in [0.4, 0.5) is 13.2 Å². The van der Waals surface area contributed by atoms with Crippen LogP contribution in [0, 0.1) is 6.92 Å². The SMILES string of the molecule is Cc1ccc(C2NCC(=O)N2C(C)CC(F)(F)F)s1. The van der Waals surface area contributed by atoms with Gasteiger partial charge in [0.15, 0.2) is 0 Å². The molecule has 7 heteroatoms. The van der Waals surface area contributed by atoms with Crippen LogP contribution in [-0.2, 0) is 4.79 Å². The first-order valence-corrected chi connectivity index (χ1v) is 6.77. The van der Waals surface area contributed by atoms with E-state index in [2.05, 4.69) is 5.32 Å². The lowest BCUT2D eigenvalue weighted by molar-refractivity contribution is -0.152. The Bertz CT molecular complexity index is 472. The van der Waals surface area contributed by atoms with Crippen molar-refractivity contribution in [2.75, 3.05) is 6.54 Å². The number of nitrogens with zero attached hydrogens (tertiary/aromatic N) is 1. The fraction of sp³-hybridized carbons (Fsp3) is 0.583. The molecule has 0 bridgehead atoms. The molecule has 2 unspecified atom stereocenters. The van der Waals surface area contributed by atoms with Gasteiger partial charge in [0.1, 0.15) is 6.17 Å². The van der Waals surface area contributed by atoms with E-state index < -0.39 is 24.8 Å². The average molecular weight is 292 g/mol. The maximum Gasteiger partial charge on any atom is 0.391 e. The van der Waals surface area contributed by atoms with Crippen molar-refractivity contribution in [3.8, 4) is 0 Å². The molecule has 0 radical (unpaired) electrons. The van der Waals surface area contributed by atoms with Crippen molar-refractivity contribution in [3.05, 3.63) is 21.9 Å². The lowest BCUT2D eigenvalue weighted by Gasteiger charge is -2.30. The van der Waals surface area contributed by atoms with E-state index in [0.29, 0.717) is 0 Å². The van der Waals surface area contributed by atoms with Gasteiger partial charge >= 0.3 is 6.18 Å². The summed E-state index contributed by atoms with van der Waals surface area (Å²) in [6.07, 6.45) is -5.69. The molecule has 1 aromatic heterocycles. The molecular weight excluding hydrogens is 277 g/mol. The van der Waals surface area contributed by atoms with Crippen molar-refractivity contribution < 1.29 is 18.0 Å². The molecule has 1 N–H and O–H groups in total. The molecule has 2 atom stereocenters. The molecule has 0 saturated carbocycles. The number of aryl methyl sites for hydroxylation is 1. The summed E-state index contributed by atoms with van der Waals surface area (Å²) in [6.45, 7) is 3.45. The van der Waals surface area contributed by atoms with Gasteiger partial charge in [-0.05, 0) is 26.0 Å². The molecule has 3 nitrogen and oxygen atoms in total. The molecule has 1 amide bonds. The Hall–Kier alpha value is -1.08. The first kappa shape index (κ1) is 14.3. The summed E-state index contributed by atoms with van der Waals surface area (Å²) in [5, 5.41) is 2.97. The smallest absolute Gasteiger partial charge is 0.318 e. The van der Waals surface area contributed by atoms with Crippen molar-refractivity contribution in [3.63, 3.8) is 0 Å². The number of thiophene rings is 1. The van der Waals surface area contributed by atoms with Gasteiger partial charge in [-0.3, -0.25) is 10.1 Å². The molecule has 1 aliphatic rings. The highest BCUT2D eigenvalue weighted by Gasteiger charge is 2.40. The van der Waals surface area contributed by atoms with Gasteiger partial charge in [0.05, 0.1) is 13.0 Å². The van der Waals surface area contributed by atoms with Gasteiger partial charge in [0.2, 0.25) is 5.91 Å². The molecule has 106 valence electrons. The summed E-state index contributed by atoms with van der Waals surface area (Å²) in [7, 11) is 0. The van der Waals surface area contributed by atoms with Gasteiger partial charge in [0, 0.05) is 15.8 Å². The number of rotatable bonds is 3. The van der Waals surface area contributed by atoms with E-state index in [0.717, 1.165) is 9.75 Å². The van der Waals surface area contributed by atoms with E-state index in [1.807, 2.05) is 19.1 Å². The minimum Gasteiger partial charge on any atom is -0.318 e. The molecular formula is C12H15F3N2OS. The molecule has 2 heterocycles. The number of carbonyl (C=O) groups is 1. The van der Waals surface area contributed by atoms with Gasteiger partial charge in [-0.1, -0.05) is 0 Å². The second-order valence-electron chi connectivity index (χ2n) is 4.70. The molecule has 19 heavy (non-hydrogen) atoms. The first-order chi connectivity index (χ1) is 8.78. The number of alkyl halides is 3. The molecule has 0 spiro atoms. The Morgan fingerprint density at radius 1 is 1.53 bits per heavy atom. The van der Waals surface area contributed by atoms with Crippen LogP contribution in [0.15, 0.2) is 12.1 Å². The summed E-state index contributed by atoms with van der Waals surface area (Å²) < 4.78 is 37.4. The maximum absolute atomic E-state index is 12.5. The van der Waals surface area contributed by atoms with Crippen LogP contribution in [0.3, 0.4) is 0 Å². The Balaban J connectivity index is 2.18. The standard InChI is InChI=1S/C12H15F3N2OS/c1-7(5-12(13,14)15)17-10(18)6-16-11(17)9-4-3-8(2)19-9/h3-4,7,11,16H,5-6H2,1-2H3. The monoisotopic (exact) mass is 292 g/mol. The van der Waals surface area contributed by atoms with Crippen molar-refractivity contribution in [1.29, 1.82) is 0 Å². The second-order valence-corrected chi connectivity index (χ2v) is 6.02. The third-order valence-corrected chi connectivity index (χ3v) is 4.10. The minimum atomic E-state index is -4.27. The van der Waals surface area contributed by atoms with Crippen molar-refractivity contribution >= 4 is 17.2 Å². The summed E-state index contributed by atoms with van der Waals surface area (Å²) in [5.74, 6) is -0.284. The first-order valence-electron chi connectivity index (χ1n) is 5.95. The summed E-state index contributed by atoms with van der Waals surface area (Å²) in [5.41, 5.74) is 0. The van der Waals surface area contributed by atoms with Gasteiger partial charge in [0.25, 0.3) is 0 Å².